The number of nitrogens with one attached hydrogen (secondary N) is 1. The molecule has 6 nitrogen and oxygen atoms in total. The van der Waals surface area contributed by atoms with Crippen molar-refractivity contribution in [3.63, 3.8) is 0 Å². The van der Waals surface area contributed by atoms with Crippen molar-refractivity contribution in [1.29, 1.82) is 0 Å². The highest BCUT2D eigenvalue weighted by Crippen LogP contribution is 2.28. The van der Waals surface area contributed by atoms with E-state index in [9.17, 15) is 14.4 Å². The molecule has 0 saturated heterocycles. The Morgan fingerprint density at radius 3 is 2.58 bits per heavy atom. The normalized spacial score (nSPS) is 14.5. The lowest BCUT2D eigenvalue weighted by Gasteiger charge is -2.24. The Kier molecular flexibility index (Phi) is 7.98. The van der Waals surface area contributed by atoms with E-state index in [0.717, 1.165) is 17.7 Å². The zero-order valence-electron chi connectivity index (χ0n) is 17.5. The van der Waals surface area contributed by atoms with Gasteiger partial charge in [0, 0.05) is 22.8 Å². The number of hydrogen-bond acceptors (Lipinski definition) is 5. The molecule has 2 atom stereocenters. The van der Waals surface area contributed by atoms with Crippen molar-refractivity contribution in [2.45, 2.75) is 31.9 Å². The lowest BCUT2D eigenvalue weighted by molar-refractivity contribution is -0.155. The molecule has 2 aromatic rings. The lowest BCUT2D eigenvalue weighted by atomic mass is 10.1. The molecule has 0 fully saturated rings. The van der Waals surface area contributed by atoms with Gasteiger partial charge in [0.25, 0.3) is 11.8 Å². The summed E-state index contributed by atoms with van der Waals surface area (Å²) in [6.07, 6.45) is 2.13. The number of para-hydroxylation sites is 1. The van der Waals surface area contributed by atoms with Crippen molar-refractivity contribution in [1.82, 2.24) is 5.32 Å². The average molecular weight is 461 g/mol. The topological polar surface area (TPSA) is 75.7 Å². The number of carbonyl (C=O) groups excluding carboxylic acids is 3. The van der Waals surface area contributed by atoms with E-state index in [1.165, 1.54) is 0 Å². The van der Waals surface area contributed by atoms with E-state index in [1.807, 2.05) is 30.5 Å². The quantitative estimate of drug-likeness (QED) is 0.608. The summed E-state index contributed by atoms with van der Waals surface area (Å²) in [4.78, 5) is 39.9. The molecule has 0 radical (unpaired) electrons. The first kappa shape index (κ1) is 23.2. The van der Waals surface area contributed by atoms with Crippen molar-refractivity contribution in [3.05, 3.63) is 64.7 Å². The highest BCUT2D eigenvalue weighted by atomic mass is 35.5. The largest absolute Gasteiger partial charge is 0.451 e. The number of fused-ring (bicyclic) bond motifs is 1. The van der Waals surface area contributed by atoms with Crippen LogP contribution in [0.2, 0.25) is 5.02 Å². The van der Waals surface area contributed by atoms with Gasteiger partial charge in [0.2, 0.25) is 0 Å². The third-order valence-corrected chi connectivity index (χ3v) is 6.00. The average Bonchev–Trinajstić information content (AvgIpc) is 3.20. The summed E-state index contributed by atoms with van der Waals surface area (Å²) in [7, 11) is 0. The molecule has 1 N–H and O–H groups in total. The third kappa shape index (κ3) is 5.80. The fraction of sp³-hybridized carbons (Fsp3) is 0.348. The molecule has 2 aromatic carbocycles. The smallest absolute Gasteiger partial charge is 0.329 e. The molecule has 0 aromatic heterocycles. The van der Waals surface area contributed by atoms with E-state index < -0.39 is 24.0 Å². The van der Waals surface area contributed by atoms with Crippen molar-refractivity contribution < 1.29 is 19.1 Å². The summed E-state index contributed by atoms with van der Waals surface area (Å²) in [6.45, 7) is 2.12. The minimum Gasteiger partial charge on any atom is -0.451 e. The first-order valence-corrected chi connectivity index (χ1v) is 11.8. The van der Waals surface area contributed by atoms with Gasteiger partial charge in [-0.2, -0.15) is 11.8 Å². The molecular formula is C23H25ClN2O4S. The number of ether oxygens (including phenoxy) is 1. The van der Waals surface area contributed by atoms with E-state index in [1.54, 1.807) is 47.9 Å². The minimum absolute atomic E-state index is 0.272. The lowest BCUT2D eigenvalue weighted by Crippen LogP contribution is -2.46. The fourth-order valence-corrected chi connectivity index (χ4v) is 4.02. The molecule has 2 unspecified atom stereocenters. The van der Waals surface area contributed by atoms with Crippen molar-refractivity contribution >= 4 is 46.8 Å². The molecule has 0 spiro atoms. The SMILES string of the molecule is CSCCC(NC(=O)c1ccc(Cl)cc1)C(=O)OC(C)C(=O)N1CCc2ccccc21. The zero-order valence-corrected chi connectivity index (χ0v) is 19.0. The highest BCUT2D eigenvalue weighted by molar-refractivity contribution is 7.98. The second-order valence-corrected chi connectivity index (χ2v) is 8.68. The van der Waals surface area contributed by atoms with Crippen LogP contribution < -0.4 is 10.2 Å². The number of benzene rings is 2. The van der Waals surface area contributed by atoms with Crippen LogP contribution in [0.4, 0.5) is 5.69 Å². The van der Waals surface area contributed by atoms with Crippen LogP contribution in [0.25, 0.3) is 0 Å². The van der Waals surface area contributed by atoms with Gasteiger partial charge in [-0.25, -0.2) is 4.79 Å². The van der Waals surface area contributed by atoms with Crippen molar-refractivity contribution in [3.8, 4) is 0 Å². The molecule has 2 amide bonds. The Hall–Kier alpha value is -2.51. The molecule has 1 aliphatic heterocycles. The molecule has 1 heterocycles. The Bertz CT molecular complexity index is 951. The summed E-state index contributed by atoms with van der Waals surface area (Å²) < 4.78 is 5.48. The molecule has 0 bridgehead atoms. The van der Waals surface area contributed by atoms with Gasteiger partial charge in [-0.15, -0.1) is 0 Å². The number of rotatable bonds is 8. The predicted octanol–water partition coefficient (Wildman–Crippen LogP) is 3.71. The van der Waals surface area contributed by atoms with Crippen LogP contribution in [0.1, 0.15) is 29.3 Å². The van der Waals surface area contributed by atoms with Gasteiger partial charge >= 0.3 is 5.97 Å². The number of hydrogen-bond donors (Lipinski definition) is 1. The van der Waals surface area contributed by atoms with Crippen LogP contribution in [0, 0.1) is 0 Å². The maximum Gasteiger partial charge on any atom is 0.329 e. The second kappa shape index (κ2) is 10.7. The molecule has 164 valence electrons. The van der Waals surface area contributed by atoms with Gasteiger partial charge in [0.05, 0.1) is 0 Å². The molecule has 0 aliphatic carbocycles. The number of amides is 2. The Labute approximate surface area is 191 Å². The van der Waals surface area contributed by atoms with Crippen LogP contribution in [-0.2, 0) is 20.7 Å². The Morgan fingerprint density at radius 2 is 1.87 bits per heavy atom. The summed E-state index contributed by atoms with van der Waals surface area (Å²) in [6, 6.07) is 13.3. The van der Waals surface area contributed by atoms with Gasteiger partial charge in [-0.05, 0) is 67.7 Å². The van der Waals surface area contributed by atoms with Gasteiger partial charge < -0.3 is 15.0 Å². The van der Waals surface area contributed by atoms with Gasteiger partial charge in [-0.1, -0.05) is 29.8 Å². The number of esters is 1. The van der Waals surface area contributed by atoms with Gasteiger partial charge in [0.15, 0.2) is 6.10 Å². The standard InChI is InChI=1S/C23H25ClN2O4S/c1-15(22(28)26-13-11-16-5-3-4-6-20(16)26)30-23(29)19(12-14-31-2)25-21(27)17-7-9-18(24)10-8-17/h3-10,15,19H,11-14H2,1-2H3,(H,25,27). The molecule has 8 heteroatoms. The number of thioether (sulfide) groups is 1. The van der Waals surface area contributed by atoms with Crippen LogP contribution in [-0.4, -0.2) is 48.5 Å². The van der Waals surface area contributed by atoms with E-state index in [4.69, 9.17) is 16.3 Å². The summed E-state index contributed by atoms with van der Waals surface area (Å²) in [5, 5.41) is 3.24. The van der Waals surface area contributed by atoms with Crippen molar-refractivity contribution in [2.75, 3.05) is 23.5 Å². The minimum atomic E-state index is -0.956. The Balaban J connectivity index is 1.65. The van der Waals surface area contributed by atoms with Crippen LogP contribution in [0.5, 0.6) is 0 Å². The summed E-state index contributed by atoms with van der Waals surface area (Å²) in [5.41, 5.74) is 2.34. The molecular weight excluding hydrogens is 436 g/mol. The summed E-state index contributed by atoms with van der Waals surface area (Å²) in [5.74, 6) is -0.634. The van der Waals surface area contributed by atoms with Gasteiger partial charge in [0.1, 0.15) is 6.04 Å². The first-order chi connectivity index (χ1) is 14.9. The molecule has 31 heavy (non-hydrogen) atoms. The number of anilines is 1. The third-order valence-electron chi connectivity index (χ3n) is 5.10. The number of carbonyl (C=O) groups is 3. The second-order valence-electron chi connectivity index (χ2n) is 7.26. The fourth-order valence-electron chi connectivity index (χ4n) is 3.42. The maximum absolute atomic E-state index is 12.9. The first-order valence-electron chi connectivity index (χ1n) is 10.1. The zero-order chi connectivity index (χ0) is 22.4. The van der Waals surface area contributed by atoms with E-state index >= 15 is 0 Å². The van der Waals surface area contributed by atoms with Crippen molar-refractivity contribution in [2.24, 2.45) is 0 Å². The monoisotopic (exact) mass is 460 g/mol. The van der Waals surface area contributed by atoms with Crippen LogP contribution in [0.15, 0.2) is 48.5 Å². The molecule has 0 saturated carbocycles. The number of nitrogens with zero attached hydrogens (tertiary/aromatic N) is 1. The molecule has 1 aliphatic rings. The van der Waals surface area contributed by atoms with E-state index in [0.29, 0.717) is 29.3 Å². The number of halogens is 1. The Morgan fingerprint density at radius 1 is 1.16 bits per heavy atom. The van der Waals surface area contributed by atoms with E-state index in [-0.39, 0.29) is 5.91 Å². The van der Waals surface area contributed by atoms with Gasteiger partial charge in [-0.3, -0.25) is 9.59 Å². The van der Waals surface area contributed by atoms with E-state index in [2.05, 4.69) is 5.32 Å². The highest BCUT2D eigenvalue weighted by Gasteiger charge is 2.32. The molecule has 3 rings (SSSR count). The predicted molar refractivity (Wildman–Crippen MR) is 124 cm³/mol. The van der Waals surface area contributed by atoms with Crippen LogP contribution in [0.3, 0.4) is 0 Å². The maximum atomic E-state index is 12.9. The summed E-state index contributed by atoms with van der Waals surface area (Å²) >= 11 is 7.43. The van der Waals surface area contributed by atoms with Crippen LogP contribution >= 0.6 is 23.4 Å².